The van der Waals surface area contributed by atoms with Gasteiger partial charge in [-0.2, -0.15) is 0 Å². The molecule has 1 atom stereocenters. The molecule has 0 spiro atoms. The van der Waals surface area contributed by atoms with Crippen LogP contribution in [0.5, 0.6) is 17.2 Å². The van der Waals surface area contributed by atoms with Crippen LogP contribution in [0.25, 0.3) is 0 Å². The highest BCUT2D eigenvalue weighted by Gasteiger charge is 2.37. The van der Waals surface area contributed by atoms with Crippen LogP contribution in [0.3, 0.4) is 0 Å². The van der Waals surface area contributed by atoms with Crippen molar-refractivity contribution in [3.05, 3.63) is 77.9 Å². The van der Waals surface area contributed by atoms with Crippen molar-refractivity contribution in [2.75, 3.05) is 31.1 Å². The number of sulfonamides is 1. The fraction of sp³-hybridized carbons (Fsp3) is 0.296. The lowest BCUT2D eigenvalue weighted by Gasteiger charge is -2.35. The van der Waals surface area contributed by atoms with Crippen molar-refractivity contribution >= 4 is 21.6 Å². The van der Waals surface area contributed by atoms with Crippen LogP contribution in [0.15, 0.2) is 71.6 Å². The second-order valence-electron chi connectivity index (χ2n) is 8.43. The van der Waals surface area contributed by atoms with Crippen LogP contribution in [0.2, 0.25) is 0 Å². The van der Waals surface area contributed by atoms with E-state index in [9.17, 15) is 13.2 Å². The number of anilines is 1. The van der Waals surface area contributed by atoms with Crippen molar-refractivity contribution < 1.29 is 27.4 Å². The van der Waals surface area contributed by atoms with Gasteiger partial charge in [-0.1, -0.05) is 25.1 Å². The quantitative estimate of drug-likeness (QED) is 0.441. The van der Waals surface area contributed by atoms with Crippen LogP contribution in [-0.4, -0.2) is 47.2 Å². The molecular weight excluding hydrogens is 480 g/mol. The van der Waals surface area contributed by atoms with E-state index >= 15 is 0 Å². The molecule has 1 heterocycles. The molecular formula is C27H30N2O6S. The number of aryl methyl sites for hydroxylation is 2. The maximum Gasteiger partial charge on any atom is 0.264 e. The zero-order valence-electron chi connectivity index (χ0n) is 20.6. The Kier molecular flexibility index (Phi) is 7.69. The topological polar surface area (TPSA) is 94.2 Å². The van der Waals surface area contributed by atoms with Gasteiger partial charge in [-0.25, -0.2) is 8.42 Å². The summed E-state index contributed by atoms with van der Waals surface area (Å²) in [5.74, 6) is 1.19. The van der Waals surface area contributed by atoms with Gasteiger partial charge in [0.25, 0.3) is 15.9 Å². The Labute approximate surface area is 211 Å². The summed E-state index contributed by atoms with van der Waals surface area (Å²) in [4.78, 5) is 13.0. The van der Waals surface area contributed by atoms with Gasteiger partial charge >= 0.3 is 0 Å². The van der Waals surface area contributed by atoms with E-state index in [2.05, 4.69) is 12.2 Å². The lowest BCUT2D eigenvalue weighted by atomic mass is 10.1. The van der Waals surface area contributed by atoms with Gasteiger partial charge in [-0.05, 0) is 73.0 Å². The van der Waals surface area contributed by atoms with Crippen molar-refractivity contribution in [1.82, 2.24) is 5.32 Å². The molecule has 1 N–H and O–H groups in total. The number of amides is 1. The molecule has 0 aliphatic carbocycles. The lowest BCUT2D eigenvalue weighted by Crippen LogP contribution is -2.51. The van der Waals surface area contributed by atoms with E-state index in [0.29, 0.717) is 17.2 Å². The van der Waals surface area contributed by atoms with Crippen LogP contribution < -0.4 is 23.8 Å². The van der Waals surface area contributed by atoms with E-state index in [1.807, 2.05) is 37.3 Å². The normalized spacial score (nSPS) is 15.0. The summed E-state index contributed by atoms with van der Waals surface area (Å²) in [6.45, 7) is 4.32. The Morgan fingerprint density at radius 2 is 1.75 bits per heavy atom. The van der Waals surface area contributed by atoms with Crippen LogP contribution in [0.4, 0.5) is 5.69 Å². The Balaban J connectivity index is 1.47. The number of carbonyl (C=O) groups excluding carboxylic acids is 1. The smallest absolute Gasteiger partial charge is 0.264 e. The molecule has 190 valence electrons. The number of hydrogen-bond acceptors (Lipinski definition) is 6. The summed E-state index contributed by atoms with van der Waals surface area (Å²) < 4.78 is 45.1. The maximum atomic E-state index is 13.5. The van der Waals surface area contributed by atoms with E-state index in [4.69, 9.17) is 14.2 Å². The largest absolute Gasteiger partial charge is 0.497 e. The van der Waals surface area contributed by atoms with Crippen LogP contribution >= 0.6 is 0 Å². The first-order chi connectivity index (χ1) is 17.3. The molecule has 0 saturated heterocycles. The Morgan fingerprint density at radius 3 is 2.42 bits per heavy atom. The number of nitrogens with one attached hydrogen (secondary N) is 1. The zero-order valence-corrected chi connectivity index (χ0v) is 21.4. The third-order valence-electron chi connectivity index (χ3n) is 5.93. The summed E-state index contributed by atoms with van der Waals surface area (Å²) in [5, 5.41) is 2.79. The molecule has 1 aliphatic heterocycles. The Bertz CT molecular complexity index is 1310. The summed E-state index contributed by atoms with van der Waals surface area (Å²) in [5.41, 5.74) is 2.49. The molecule has 0 radical (unpaired) electrons. The third kappa shape index (κ3) is 5.57. The summed E-state index contributed by atoms with van der Waals surface area (Å²) in [7, 11) is -2.44. The number of nitrogens with zero attached hydrogens (tertiary/aromatic N) is 1. The molecule has 0 aromatic heterocycles. The second-order valence-corrected chi connectivity index (χ2v) is 10.3. The first-order valence-electron chi connectivity index (χ1n) is 11.8. The van der Waals surface area contributed by atoms with Gasteiger partial charge < -0.3 is 19.5 Å². The molecule has 8 nitrogen and oxygen atoms in total. The zero-order chi connectivity index (χ0) is 25.7. The Hall–Kier alpha value is -3.72. The number of hydrogen-bond donors (Lipinski definition) is 1. The molecule has 3 aromatic rings. The minimum atomic E-state index is -3.95. The van der Waals surface area contributed by atoms with Crippen molar-refractivity contribution in [3.63, 3.8) is 0 Å². The predicted molar refractivity (Wildman–Crippen MR) is 137 cm³/mol. The highest BCUT2D eigenvalue weighted by molar-refractivity contribution is 7.92. The van der Waals surface area contributed by atoms with Gasteiger partial charge in [-0.3, -0.25) is 9.10 Å². The monoisotopic (exact) mass is 510 g/mol. The van der Waals surface area contributed by atoms with Gasteiger partial charge in [0.2, 0.25) is 0 Å². The van der Waals surface area contributed by atoms with E-state index in [0.717, 1.165) is 17.7 Å². The van der Waals surface area contributed by atoms with Crippen LogP contribution in [-0.2, 0) is 21.2 Å². The SMILES string of the molecule is CCc1ccc(OCCNC(=O)[C@H]2CN(S(=O)(=O)c3ccc(OC)cc3)c3ccc(C)cc3O2)cc1. The molecule has 9 heteroatoms. The lowest BCUT2D eigenvalue weighted by molar-refractivity contribution is -0.127. The highest BCUT2D eigenvalue weighted by atomic mass is 32.2. The maximum absolute atomic E-state index is 13.5. The number of carbonyl (C=O) groups is 1. The minimum Gasteiger partial charge on any atom is -0.497 e. The third-order valence-corrected chi connectivity index (χ3v) is 7.72. The van der Waals surface area contributed by atoms with E-state index in [1.54, 1.807) is 24.3 Å². The first-order valence-corrected chi connectivity index (χ1v) is 13.2. The number of ether oxygens (including phenoxy) is 3. The molecule has 4 rings (SSSR count). The molecule has 1 aliphatic rings. The molecule has 0 fully saturated rings. The predicted octanol–water partition coefficient (Wildman–Crippen LogP) is 3.72. The molecule has 0 saturated carbocycles. The average Bonchev–Trinajstić information content (AvgIpc) is 2.90. The van der Waals surface area contributed by atoms with E-state index in [-0.39, 0.29) is 24.6 Å². The fourth-order valence-electron chi connectivity index (χ4n) is 3.88. The first kappa shape index (κ1) is 25.4. The Morgan fingerprint density at radius 1 is 1.06 bits per heavy atom. The van der Waals surface area contributed by atoms with Gasteiger partial charge in [0.05, 0.1) is 30.8 Å². The van der Waals surface area contributed by atoms with Gasteiger partial charge in [0, 0.05) is 0 Å². The van der Waals surface area contributed by atoms with Crippen molar-refractivity contribution in [1.29, 1.82) is 0 Å². The molecule has 1 amide bonds. The number of fused-ring (bicyclic) bond motifs is 1. The molecule has 0 bridgehead atoms. The second kappa shape index (κ2) is 10.9. The molecule has 3 aromatic carbocycles. The van der Waals surface area contributed by atoms with Crippen LogP contribution in [0.1, 0.15) is 18.1 Å². The van der Waals surface area contributed by atoms with Crippen LogP contribution in [0, 0.1) is 6.92 Å². The fourth-order valence-corrected chi connectivity index (χ4v) is 5.35. The number of methoxy groups -OCH3 is 1. The van der Waals surface area contributed by atoms with Gasteiger partial charge in [-0.15, -0.1) is 0 Å². The standard InChI is InChI=1S/C27H30N2O6S/c1-4-20-6-8-22(9-7-20)34-16-15-28-27(30)26-18-29(24-14-5-19(2)17-25(24)35-26)36(31,32)23-12-10-21(33-3)11-13-23/h5-14,17,26H,4,15-16,18H2,1-3H3,(H,28,30)/t26-/m1/s1. The van der Waals surface area contributed by atoms with E-state index in [1.165, 1.54) is 29.1 Å². The average molecular weight is 511 g/mol. The van der Waals surface area contributed by atoms with Crippen molar-refractivity contribution in [2.24, 2.45) is 0 Å². The van der Waals surface area contributed by atoms with E-state index < -0.39 is 22.0 Å². The summed E-state index contributed by atoms with van der Waals surface area (Å²) in [6.07, 6.45) is -0.0675. The van der Waals surface area contributed by atoms with Gasteiger partial charge in [0.15, 0.2) is 6.10 Å². The summed E-state index contributed by atoms with van der Waals surface area (Å²) in [6, 6.07) is 19.2. The van der Waals surface area contributed by atoms with Crippen molar-refractivity contribution in [2.45, 2.75) is 31.3 Å². The van der Waals surface area contributed by atoms with Gasteiger partial charge in [0.1, 0.15) is 23.9 Å². The number of rotatable bonds is 9. The minimum absolute atomic E-state index is 0.0957. The molecule has 36 heavy (non-hydrogen) atoms. The highest BCUT2D eigenvalue weighted by Crippen LogP contribution is 2.38. The van der Waals surface area contributed by atoms with Crippen molar-refractivity contribution in [3.8, 4) is 17.2 Å². The molecule has 0 unspecified atom stereocenters. The summed E-state index contributed by atoms with van der Waals surface area (Å²) >= 11 is 0. The number of benzene rings is 3.